The molecule has 0 bridgehead atoms. The second-order valence-electron chi connectivity index (χ2n) is 8.84. The Balaban J connectivity index is 1.48. The topological polar surface area (TPSA) is 103 Å². The molecule has 3 aromatic heterocycles. The van der Waals surface area contributed by atoms with Crippen molar-refractivity contribution in [2.45, 2.75) is 51.1 Å². The first kappa shape index (κ1) is 22.8. The van der Waals surface area contributed by atoms with Gasteiger partial charge in [-0.15, -0.1) is 16.4 Å². The summed E-state index contributed by atoms with van der Waals surface area (Å²) >= 11 is 2.82. The van der Waals surface area contributed by atoms with Crippen LogP contribution in [0.4, 0.5) is 6.01 Å². The van der Waals surface area contributed by atoms with Gasteiger partial charge in [-0.25, -0.2) is 4.98 Å². The number of hydrogen-bond donors (Lipinski definition) is 1. The Bertz CT molecular complexity index is 1410. The minimum atomic E-state index is -0.308. The highest BCUT2D eigenvalue weighted by atomic mass is 32.2. The van der Waals surface area contributed by atoms with Crippen molar-refractivity contribution in [1.29, 1.82) is 0 Å². The number of amides is 1. The van der Waals surface area contributed by atoms with Crippen molar-refractivity contribution in [1.82, 2.24) is 19.7 Å². The number of carbonyl (C=O) groups is 1. The maximum Gasteiger partial charge on any atom is 0.322 e. The quantitative estimate of drug-likeness (QED) is 0.302. The molecule has 0 saturated heterocycles. The molecule has 1 amide bonds. The van der Waals surface area contributed by atoms with Crippen LogP contribution in [-0.2, 0) is 17.6 Å². The van der Waals surface area contributed by atoms with E-state index in [0.29, 0.717) is 17.0 Å². The average Bonchev–Trinajstić information content (AvgIpc) is 3.42. The van der Waals surface area contributed by atoms with Gasteiger partial charge >= 0.3 is 6.01 Å². The van der Waals surface area contributed by atoms with Gasteiger partial charge in [0.05, 0.1) is 16.8 Å². The average molecular weight is 496 g/mol. The highest BCUT2D eigenvalue weighted by Gasteiger charge is 2.25. The van der Waals surface area contributed by atoms with Crippen molar-refractivity contribution >= 4 is 45.2 Å². The molecule has 1 atom stereocenters. The molecule has 1 N–H and O–H groups in total. The summed E-state index contributed by atoms with van der Waals surface area (Å²) < 4.78 is 7.08. The first-order valence-corrected chi connectivity index (χ1v) is 13.1. The summed E-state index contributed by atoms with van der Waals surface area (Å²) in [6.07, 6.45) is 2.96. The minimum Gasteiger partial charge on any atom is -0.408 e. The van der Waals surface area contributed by atoms with Gasteiger partial charge in [0.25, 0.3) is 5.56 Å². The third kappa shape index (κ3) is 4.39. The second-order valence-corrected chi connectivity index (χ2v) is 10.9. The molecule has 0 saturated carbocycles. The molecule has 5 rings (SSSR count). The van der Waals surface area contributed by atoms with Gasteiger partial charge in [0.15, 0.2) is 5.16 Å². The highest BCUT2D eigenvalue weighted by molar-refractivity contribution is 7.99. The van der Waals surface area contributed by atoms with Gasteiger partial charge in [0.2, 0.25) is 11.8 Å². The molecular formula is C24H25N5O3S2. The number of nitrogens with one attached hydrogen (secondary N) is 1. The van der Waals surface area contributed by atoms with Crippen LogP contribution in [0.2, 0.25) is 0 Å². The van der Waals surface area contributed by atoms with E-state index in [1.807, 2.05) is 44.2 Å². The number of aryl methyl sites for hydroxylation is 1. The van der Waals surface area contributed by atoms with E-state index >= 15 is 0 Å². The molecule has 0 radical (unpaired) electrons. The second kappa shape index (κ2) is 9.34. The van der Waals surface area contributed by atoms with Gasteiger partial charge in [0.1, 0.15) is 4.83 Å². The fourth-order valence-corrected chi connectivity index (χ4v) is 6.31. The molecule has 4 aromatic rings. The van der Waals surface area contributed by atoms with Crippen LogP contribution in [0.5, 0.6) is 0 Å². The molecule has 1 aliphatic rings. The summed E-state index contributed by atoms with van der Waals surface area (Å²) in [5.41, 5.74) is 1.80. The molecule has 10 heteroatoms. The Hall–Kier alpha value is -2.98. The van der Waals surface area contributed by atoms with Crippen molar-refractivity contribution < 1.29 is 9.21 Å². The van der Waals surface area contributed by atoms with Crippen LogP contribution < -0.4 is 10.9 Å². The van der Waals surface area contributed by atoms with E-state index in [2.05, 4.69) is 22.4 Å². The first-order chi connectivity index (χ1) is 16.4. The lowest BCUT2D eigenvalue weighted by molar-refractivity contribution is -0.113. The van der Waals surface area contributed by atoms with Crippen molar-refractivity contribution in [3.05, 3.63) is 57.0 Å². The van der Waals surface area contributed by atoms with Crippen molar-refractivity contribution in [2.24, 2.45) is 5.92 Å². The van der Waals surface area contributed by atoms with Gasteiger partial charge in [-0.05, 0) is 42.9 Å². The number of anilines is 1. The molecule has 3 heterocycles. The SMILES string of the molecule is CC1CCc2c(sc3nc(SCC(=O)Nc4nnc(C(C)C)o4)n(-c4ccccc4)c(=O)c23)C1. The Morgan fingerprint density at radius 2 is 2.09 bits per heavy atom. The number of aromatic nitrogens is 4. The molecule has 1 aliphatic carbocycles. The third-order valence-electron chi connectivity index (χ3n) is 5.83. The molecular weight excluding hydrogens is 470 g/mol. The Kier molecular flexibility index (Phi) is 6.26. The first-order valence-electron chi connectivity index (χ1n) is 11.3. The zero-order chi connectivity index (χ0) is 23.8. The Morgan fingerprint density at radius 3 is 2.82 bits per heavy atom. The van der Waals surface area contributed by atoms with E-state index in [9.17, 15) is 9.59 Å². The van der Waals surface area contributed by atoms with Crippen LogP contribution in [0.25, 0.3) is 15.9 Å². The summed E-state index contributed by atoms with van der Waals surface area (Å²) in [7, 11) is 0. The maximum atomic E-state index is 13.7. The number of thioether (sulfide) groups is 1. The number of nitrogens with zero attached hydrogens (tertiary/aromatic N) is 4. The molecule has 0 aliphatic heterocycles. The highest BCUT2D eigenvalue weighted by Crippen LogP contribution is 2.37. The predicted molar refractivity (Wildman–Crippen MR) is 134 cm³/mol. The van der Waals surface area contributed by atoms with Crippen LogP contribution in [0.15, 0.2) is 44.7 Å². The van der Waals surface area contributed by atoms with E-state index in [0.717, 1.165) is 40.7 Å². The van der Waals surface area contributed by atoms with Crippen molar-refractivity contribution in [3.63, 3.8) is 0 Å². The Labute approximate surface area is 204 Å². The van der Waals surface area contributed by atoms with Crippen LogP contribution >= 0.6 is 23.1 Å². The normalized spacial score (nSPS) is 15.6. The van der Waals surface area contributed by atoms with Crippen LogP contribution in [-0.4, -0.2) is 31.4 Å². The number of fused-ring (bicyclic) bond motifs is 3. The van der Waals surface area contributed by atoms with E-state index in [-0.39, 0.29) is 29.2 Å². The van der Waals surface area contributed by atoms with Crippen molar-refractivity contribution in [2.75, 3.05) is 11.1 Å². The molecule has 176 valence electrons. The molecule has 0 fully saturated rings. The lowest BCUT2D eigenvalue weighted by Gasteiger charge is -2.17. The molecule has 0 spiro atoms. The van der Waals surface area contributed by atoms with Gasteiger partial charge in [-0.3, -0.25) is 19.5 Å². The number of hydrogen-bond acceptors (Lipinski definition) is 8. The van der Waals surface area contributed by atoms with Gasteiger partial charge < -0.3 is 4.42 Å². The number of para-hydroxylation sites is 1. The smallest absolute Gasteiger partial charge is 0.322 e. The van der Waals surface area contributed by atoms with Gasteiger partial charge in [0, 0.05) is 10.8 Å². The molecule has 34 heavy (non-hydrogen) atoms. The number of carbonyl (C=O) groups excluding carboxylic acids is 1. The molecule has 1 unspecified atom stereocenters. The van der Waals surface area contributed by atoms with Crippen LogP contribution in [0.3, 0.4) is 0 Å². The summed E-state index contributed by atoms with van der Waals surface area (Å²) in [6, 6.07) is 9.51. The molecule has 8 nitrogen and oxygen atoms in total. The maximum absolute atomic E-state index is 13.7. The lowest BCUT2D eigenvalue weighted by atomic mass is 9.89. The van der Waals surface area contributed by atoms with E-state index in [4.69, 9.17) is 9.40 Å². The van der Waals surface area contributed by atoms with E-state index in [1.165, 1.54) is 16.6 Å². The fourth-order valence-electron chi connectivity index (χ4n) is 4.08. The summed E-state index contributed by atoms with van der Waals surface area (Å²) in [4.78, 5) is 33.2. The lowest BCUT2D eigenvalue weighted by Crippen LogP contribution is -2.23. The van der Waals surface area contributed by atoms with Crippen LogP contribution in [0.1, 0.15) is 49.4 Å². The summed E-state index contributed by atoms with van der Waals surface area (Å²) in [5, 5.41) is 11.6. The zero-order valence-corrected chi connectivity index (χ0v) is 20.8. The summed E-state index contributed by atoms with van der Waals surface area (Å²) in [6.45, 7) is 6.11. The Morgan fingerprint density at radius 1 is 1.29 bits per heavy atom. The third-order valence-corrected chi connectivity index (χ3v) is 7.91. The van der Waals surface area contributed by atoms with E-state index in [1.54, 1.807) is 15.9 Å². The zero-order valence-electron chi connectivity index (χ0n) is 19.2. The van der Waals surface area contributed by atoms with Crippen molar-refractivity contribution in [3.8, 4) is 5.69 Å². The fraction of sp³-hybridized carbons (Fsp3) is 0.375. The largest absolute Gasteiger partial charge is 0.408 e. The number of thiophene rings is 1. The van der Waals surface area contributed by atoms with Gasteiger partial charge in [-0.1, -0.05) is 55.8 Å². The number of rotatable bonds is 6. The predicted octanol–water partition coefficient (Wildman–Crippen LogP) is 4.81. The monoisotopic (exact) mass is 495 g/mol. The van der Waals surface area contributed by atoms with Crippen LogP contribution in [0, 0.1) is 5.92 Å². The van der Waals surface area contributed by atoms with E-state index < -0.39 is 0 Å². The number of benzene rings is 1. The molecule has 1 aromatic carbocycles. The summed E-state index contributed by atoms with van der Waals surface area (Å²) in [5.74, 6) is 0.881. The van der Waals surface area contributed by atoms with Gasteiger partial charge in [-0.2, -0.15) is 0 Å². The minimum absolute atomic E-state index is 0.0479. The standard InChI is InChI=1S/C24H25N5O3S2/c1-13(2)20-27-28-23(32-20)25-18(30)12-33-24-26-21-19(16-10-9-14(3)11-17(16)34-21)22(31)29(24)15-7-5-4-6-8-15/h4-8,13-14H,9-12H2,1-3H3,(H,25,28,30).